The fourth-order valence-corrected chi connectivity index (χ4v) is 9.46. The van der Waals surface area contributed by atoms with Crippen LogP contribution in [0.4, 0.5) is 5.69 Å². The van der Waals surface area contributed by atoms with E-state index in [9.17, 15) is 39.6 Å². The van der Waals surface area contributed by atoms with Gasteiger partial charge < -0.3 is 44.2 Å². The van der Waals surface area contributed by atoms with E-state index in [0.717, 1.165) is 19.3 Å². The summed E-state index contributed by atoms with van der Waals surface area (Å²) in [5.74, 6) is -2.91. The van der Waals surface area contributed by atoms with E-state index in [1.165, 1.54) is 6.07 Å². The van der Waals surface area contributed by atoms with Gasteiger partial charge in [0.15, 0.2) is 29.7 Å². The van der Waals surface area contributed by atoms with Crippen molar-refractivity contribution in [3.63, 3.8) is 0 Å². The van der Waals surface area contributed by atoms with Crippen LogP contribution in [-0.2, 0) is 19.1 Å². The molecule has 1 unspecified atom stereocenters. The van der Waals surface area contributed by atoms with E-state index in [2.05, 4.69) is 15.3 Å². The Hall–Kier alpha value is -5.53. The van der Waals surface area contributed by atoms with Crippen LogP contribution in [0.15, 0.2) is 64.6 Å². The van der Waals surface area contributed by atoms with E-state index in [-0.39, 0.29) is 82.9 Å². The molecule has 6 aliphatic rings. The average molecular weight is 823 g/mol. The summed E-state index contributed by atoms with van der Waals surface area (Å²) in [7, 11) is 0. The second-order valence-corrected chi connectivity index (χ2v) is 15.9. The Kier molecular flexibility index (Phi) is 10.5. The molecule has 1 saturated heterocycles. The summed E-state index contributed by atoms with van der Waals surface area (Å²) in [4.78, 5) is 62.8. The van der Waals surface area contributed by atoms with Crippen molar-refractivity contribution in [3.8, 4) is 11.5 Å². The van der Waals surface area contributed by atoms with Gasteiger partial charge in [-0.15, -0.1) is 0 Å². The minimum absolute atomic E-state index is 0.0256. The number of guanidine groups is 1. The van der Waals surface area contributed by atoms with Gasteiger partial charge in [-0.1, -0.05) is 61.7 Å². The average Bonchev–Trinajstić information content (AvgIpc) is 3.67. The van der Waals surface area contributed by atoms with Gasteiger partial charge in [-0.3, -0.25) is 25.1 Å². The van der Waals surface area contributed by atoms with Gasteiger partial charge in [-0.05, 0) is 31.4 Å². The first kappa shape index (κ1) is 39.9. The van der Waals surface area contributed by atoms with Crippen molar-refractivity contribution in [2.45, 2.75) is 93.3 Å². The maximum absolute atomic E-state index is 14.5. The number of nitrogens with one attached hydrogen (secondary N) is 3. The van der Waals surface area contributed by atoms with Crippen molar-refractivity contribution in [3.05, 3.63) is 88.0 Å². The Bertz CT molecular complexity index is 2360. The van der Waals surface area contributed by atoms with Gasteiger partial charge in [0.25, 0.3) is 11.7 Å². The zero-order valence-electron chi connectivity index (χ0n) is 32.3. The van der Waals surface area contributed by atoms with Crippen LogP contribution in [0, 0.1) is 5.41 Å². The van der Waals surface area contributed by atoms with E-state index in [1.54, 1.807) is 30.3 Å². The lowest BCUT2D eigenvalue weighted by Gasteiger charge is -2.50. The molecular formula is C43H44N5O12+. The molecule has 9 rings (SSSR count). The number of nitrogens with zero attached hydrogens (tertiary/aromatic N) is 2. The highest BCUT2D eigenvalue weighted by atomic mass is 16.7. The van der Waals surface area contributed by atoms with Crippen molar-refractivity contribution in [1.82, 2.24) is 5.32 Å². The van der Waals surface area contributed by atoms with Gasteiger partial charge in [0, 0.05) is 46.8 Å². The van der Waals surface area contributed by atoms with Crippen molar-refractivity contribution in [2.75, 3.05) is 19.9 Å². The maximum Gasteiger partial charge on any atom is 0.284 e. The fourth-order valence-electron chi connectivity index (χ4n) is 9.46. The quantitative estimate of drug-likeness (QED) is 0.127. The molecule has 7 N–H and O–H groups in total. The van der Waals surface area contributed by atoms with E-state index >= 15 is 0 Å². The number of carbonyl (C=O) groups is 4. The number of aliphatic imine (C=N–C) groups is 2. The lowest BCUT2D eigenvalue weighted by Crippen LogP contribution is -3.09. The number of para-hydroxylation sites is 1. The third kappa shape index (κ3) is 6.66. The van der Waals surface area contributed by atoms with E-state index < -0.39 is 72.4 Å². The third-order valence-electron chi connectivity index (χ3n) is 12.4. The van der Waals surface area contributed by atoms with Crippen LogP contribution in [0.3, 0.4) is 0 Å². The molecule has 2 aliphatic carbocycles. The van der Waals surface area contributed by atoms with Crippen LogP contribution >= 0.6 is 0 Å². The lowest BCUT2D eigenvalue weighted by molar-refractivity contribution is -0.723. The number of hydrogen-bond acceptors (Lipinski definition) is 14. The monoisotopic (exact) mass is 822 g/mol. The topological polar surface area (TPSA) is 251 Å². The minimum atomic E-state index is -1.82. The molecule has 1 amide bonds. The largest absolute Gasteiger partial charge is 0.486 e. The lowest BCUT2D eigenvalue weighted by atomic mass is 9.76. The predicted octanol–water partition coefficient (Wildman–Crippen LogP) is 0.624. The standard InChI is InChI=1S/C43H43N5O12/c44-42-46-39-30(40(56)47-42)45-20-48(39)28-11-5-4-8-23(28)22-13-17-58-43(14-6-1-7-15-43)38-34(54)33(53)35(55)41(60-38)59-36-26(22)18-27-29(37(36)57-19-21(50)12-16-49)32(52)25-10-3-2-9-24(25)31(27)51/h2-5,8-11,16,18,21-22,33-35,38,41,50,53-55H,1,6-7,12-15,17,19-20H2,(H2,44,47,56)/p+1/t21-,22-,33-,34-,35+,38-,41+/m1/s1. The molecule has 2 fully saturated rings. The molecule has 0 aromatic heterocycles. The first-order chi connectivity index (χ1) is 29.0. The van der Waals surface area contributed by atoms with Gasteiger partial charge in [0.1, 0.15) is 43.0 Å². The van der Waals surface area contributed by atoms with Crippen molar-refractivity contribution in [2.24, 2.45) is 9.98 Å². The van der Waals surface area contributed by atoms with E-state index in [4.69, 9.17) is 24.4 Å². The minimum Gasteiger partial charge on any atom is -0.486 e. The van der Waals surface area contributed by atoms with Crippen molar-refractivity contribution < 1.29 is 63.5 Å². The van der Waals surface area contributed by atoms with Crippen molar-refractivity contribution >= 4 is 47.0 Å². The number of fused-ring (bicyclic) bond motifs is 7. The third-order valence-corrected chi connectivity index (χ3v) is 12.4. The number of hydrogen-bond donors (Lipinski definition) is 7. The highest BCUT2D eigenvalue weighted by Gasteiger charge is 2.56. The second-order valence-electron chi connectivity index (χ2n) is 15.9. The van der Waals surface area contributed by atoms with Crippen molar-refractivity contribution in [1.29, 1.82) is 5.41 Å². The molecule has 8 atom stereocenters. The summed E-state index contributed by atoms with van der Waals surface area (Å²) in [5, 5.41) is 55.8. The number of aldehydes is 1. The highest BCUT2D eigenvalue weighted by molar-refractivity contribution is 6.68. The second kappa shape index (κ2) is 15.8. The van der Waals surface area contributed by atoms with E-state index in [0.29, 0.717) is 35.3 Å². The maximum atomic E-state index is 14.5. The number of quaternary nitrogens is 1. The van der Waals surface area contributed by atoms with Gasteiger partial charge >= 0.3 is 0 Å². The molecule has 4 heterocycles. The van der Waals surface area contributed by atoms with Crippen LogP contribution in [-0.4, -0.2) is 124 Å². The summed E-state index contributed by atoms with van der Waals surface area (Å²) in [6.45, 7) is -0.385. The summed E-state index contributed by atoms with van der Waals surface area (Å²) in [6.07, 6.45) is -5.54. The summed E-state index contributed by atoms with van der Waals surface area (Å²) >= 11 is 0. The number of aliphatic hydroxyl groups is 4. The number of rotatable bonds is 7. The predicted molar refractivity (Wildman–Crippen MR) is 210 cm³/mol. The number of aliphatic hydroxyl groups excluding tert-OH is 4. The molecule has 0 radical (unpaired) electrons. The Morgan fingerprint density at radius 2 is 1.68 bits per heavy atom. The van der Waals surface area contributed by atoms with Crippen LogP contribution in [0.5, 0.6) is 11.5 Å². The molecule has 2 bridgehead atoms. The van der Waals surface area contributed by atoms with E-state index in [1.807, 2.05) is 18.2 Å². The Labute approximate surface area is 343 Å². The molecule has 1 saturated carbocycles. The molecule has 4 aliphatic heterocycles. The van der Waals surface area contributed by atoms with Crippen LogP contribution < -0.4 is 19.7 Å². The Morgan fingerprint density at radius 3 is 2.45 bits per heavy atom. The zero-order valence-corrected chi connectivity index (χ0v) is 32.3. The Balaban J connectivity index is 1.29. The van der Waals surface area contributed by atoms with Gasteiger partial charge in [0.05, 0.1) is 17.3 Å². The zero-order chi connectivity index (χ0) is 41.9. The number of ketones is 2. The number of benzene rings is 3. The molecular weight excluding hydrogens is 778 g/mol. The molecule has 3 aromatic rings. The summed E-state index contributed by atoms with van der Waals surface area (Å²) in [6, 6.07) is 15.2. The molecule has 312 valence electrons. The number of carbonyl (C=O) groups excluding carboxylic acids is 4. The first-order valence-electron chi connectivity index (χ1n) is 20.1. The number of ether oxygens (including phenoxy) is 4. The Morgan fingerprint density at radius 1 is 0.950 bits per heavy atom. The normalized spacial score (nSPS) is 28.7. The fraction of sp³-hybridized carbons (Fsp3) is 0.419. The SMILES string of the molecule is N=C1N=C2C(=NC[NH+]2c2ccccc2[C@H]2CCOC3(CCCCC3)[C@@H]3O[C@H](Oc4c2cc2c(c4OC[C@H](O)CC=O)C(=O)c4ccccc4C2=O)[C@@H](O)[C@H](O)[C@H]3O)C(=O)N1. The summed E-state index contributed by atoms with van der Waals surface area (Å²) < 4.78 is 26.3. The molecule has 17 heteroatoms. The molecule has 3 aromatic carbocycles. The van der Waals surface area contributed by atoms with Crippen LogP contribution in [0.25, 0.3) is 0 Å². The van der Waals surface area contributed by atoms with Crippen LogP contribution in [0.2, 0.25) is 0 Å². The van der Waals surface area contributed by atoms with Gasteiger partial charge in [0.2, 0.25) is 18.0 Å². The molecule has 60 heavy (non-hydrogen) atoms. The smallest absolute Gasteiger partial charge is 0.284 e. The summed E-state index contributed by atoms with van der Waals surface area (Å²) in [5.41, 5.74) is 0.587. The first-order valence-corrected chi connectivity index (χ1v) is 20.1. The van der Waals surface area contributed by atoms with Crippen LogP contribution in [0.1, 0.15) is 93.8 Å². The highest BCUT2D eigenvalue weighted by Crippen LogP contribution is 2.50. The molecule has 1 spiro atoms. The number of amidine groups is 1. The van der Waals surface area contributed by atoms with Gasteiger partial charge in [-0.2, -0.15) is 4.99 Å². The van der Waals surface area contributed by atoms with Gasteiger partial charge in [-0.25, -0.2) is 9.89 Å². The molecule has 17 nitrogen and oxygen atoms in total. The number of amides is 1.